The first-order valence-electron chi connectivity index (χ1n) is 36.8. The largest absolute Gasteiger partial charge is 0.462 e. The first-order chi connectivity index (χ1) is 41.0. The lowest BCUT2D eigenvalue weighted by atomic mass is 10.0. The van der Waals surface area contributed by atoms with E-state index in [-0.39, 0.29) is 31.1 Å². The summed E-state index contributed by atoms with van der Waals surface area (Å²) in [6.45, 7) is 6.64. The van der Waals surface area contributed by atoms with E-state index in [4.69, 9.17) is 14.2 Å². The van der Waals surface area contributed by atoms with Gasteiger partial charge < -0.3 is 14.2 Å². The molecule has 6 nitrogen and oxygen atoms in total. The van der Waals surface area contributed by atoms with Crippen LogP contribution in [0.2, 0.25) is 0 Å². The summed E-state index contributed by atoms with van der Waals surface area (Å²) in [6.07, 6.45) is 92.7. The van der Waals surface area contributed by atoms with Gasteiger partial charge in [0.1, 0.15) is 13.2 Å². The quantitative estimate of drug-likeness (QED) is 0.0261. The van der Waals surface area contributed by atoms with Crippen LogP contribution in [0.1, 0.15) is 393 Å². The van der Waals surface area contributed by atoms with Gasteiger partial charge in [-0.25, -0.2) is 0 Å². The third kappa shape index (κ3) is 69.8. The standard InChI is InChI=1S/C77H140O6/c1-4-7-10-13-16-19-22-25-27-29-31-32-33-34-35-36-37-38-39-40-41-42-43-44-46-47-49-52-55-58-61-64-67-70-76(79)82-73-74(72-81-75(78)69-66-63-60-57-54-51-24-21-18-15-12-9-6-3)83-77(80)71-68-65-62-59-56-53-50-48-45-30-28-26-23-20-17-14-11-8-5-2/h17,20-22,24-26,28-29,31,74H,4-16,18-19,23,27,30,32-73H2,1-3H3/b20-17-,24-21-,25-22-,28-26-,31-29-. The van der Waals surface area contributed by atoms with E-state index >= 15 is 0 Å². The Kier molecular flexibility index (Phi) is 69.1. The van der Waals surface area contributed by atoms with Gasteiger partial charge in [-0.15, -0.1) is 0 Å². The molecule has 0 spiro atoms. The second-order valence-electron chi connectivity index (χ2n) is 24.8. The van der Waals surface area contributed by atoms with Gasteiger partial charge in [-0.2, -0.15) is 0 Å². The van der Waals surface area contributed by atoms with E-state index in [1.165, 1.54) is 276 Å². The molecule has 0 aromatic carbocycles. The van der Waals surface area contributed by atoms with Crippen molar-refractivity contribution in [1.29, 1.82) is 0 Å². The van der Waals surface area contributed by atoms with Gasteiger partial charge in [-0.05, 0) is 109 Å². The van der Waals surface area contributed by atoms with Crippen molar-refractivity contribution in [1.82, 2.24) is 0 Å². The van der Waals surface area contributed by atoms with E-state index in [0.29, 0.717) is 19.3 Å². The maximum atomic E-state index is 12.9. The van der Waals surface area contributed by atoms with Crippen molar-refractivity contribution in [2.24, 2.45) is 0 Å². The van der Waals surface area contributed by atoms with Crippen molar-refractivity contribution in [3.63, 3.8) is 0 Å². The number of esters is 3. The smallest absolute Gasteiger partial charge is 0.306 e. The van der Waals surface area contributed by atoms with Gasteiger partial charge in [0.05, 0.1) is 0 Å². The molecule has 0 aromatic rings. The molecule has 0 bridgehead atoms. The molecule has 0 aliphatic heterocycles. The zero-order valence-electron chi connectivity index (χ0n) is 55.7. The van der Waals surface area contributed by atoms with E-state index in [9.17, 15) is 14.4 Å². The second kappa shape index (κ2) is 71.6. The third-order valence-electron chi connectivity index (χ3n) is 16.5. The summed E-state index contributed by atoms with van der Waals surface area (Å²) in [5, 5.41) is 0. The zero-order chi connectivity index (χ0) is 59.9. The van der Waals surface area contributed by atoms with E-state index in [0.717, 1.165) is 77.0 Å². The van der Waals surface area contributed by atoms with E-state index in [1.54, 1.807) is 0 Å². The molecule has 0 aromatic heterocycles. The van der Waals surface area contributed by atoms with Crippen LogP contribution in [0.3, 0.4) is 0 Å². The Morgan fingerprint density at radius 2 is 0.434 bits per heavy atom. The molecule has 83 heavy (non-hydrogen) atoms. The molecular weight excluding hydrogens is 1020 g/mol. The highest BCUT2D eigenvalue weighted by Crippen LogP contribution is 2.18. The van der Waals surface area contributed by atoms with Crippen molar-refractivity contribution < 1.29 is 28.6 Å². The number of hydrogen-bond donors (Lipinski definition) is 0. The van der Waals surface area contributed by atoms with Crippen LogP contribution in [0.25, 0.3) is 0 Å². The van der Waals surface area contributed by atoms with Crippen molar-refractivity contribution in [2.45, 2.75) is 399 Å². The summed E-state index contributed by atoms with van der Waals surface area (Å²) < 4.78 is 17.0. The molecule has 0 N–H and O–H groups in total. The van der Waals surface area contributed by atoms with Crippen LogP contribution < -0.4 is 0 Å². The Balaban J connectivity index is 4.14. The predicted molar refractivity (Wildman–Crippen MR) is 362 cm³/mol. The molecule has 6 heteroatoms. The van der Waals surface area contributed by atoms with Crippen molar-refractivity contribution in [3.05, 3.63) is 60.8 Å². The molecule has 1 atom stereocenters. The van der Waals surface area contributed by atoms with Crippen LogP contribution in [-0.4, -0.2) is 37.2 Å². The molecule has 0 radical (unpaired) electrons. The van der Waals surface area contributed by atoms with Crippen LogP contribution in [-0.2, 0) is 28.6 Å². The molecule has 484 valence electrons. The number of ether oxygens (including phenoxy) is 3. The summed E-state index contributed by atoms with van der Waals surface area (Å²) in [5.41, 5.74) is 0. The van der Waals surface area contributed by atoms with E-state index in [2.05, 4.69) is 81.5 Å². The number of unbranched alkanes of at least 4 members (excludes halogenated alkanes) is 47. The number of allylic oxidation sites excluding steroid dienone is 10. The number of carbonyl (C=O) groups is 3. The number of carbonyl (C=O) groups excluding carboxylic acids is 3. The topological polar surface area (TPSA) is 78.9 Å². The van der Waals surface area contributed by atoms with E-state index in [1.807, 2.05) is 0 Å². The van der Waals surface area contributed by atoms with Gasteiger partial charge >= 0.3 is 17.9 Å². The molecule has 0 amide bonds. The third-order valence-corrected chi connectivity index (χ3v) is 16.5. The summed E-state index contributed by atoms with van der Waals surface area (Å²) in [4.78, 5) is 38.4. The van der Waals surface area contributed by atoms with Gasteiger partial charge in [0.15, 0.2) is 6.10 Å². The normalized spacial score (nSPS) is 12.4. The Bertz CT molecular complexity index is 1470. The Labute approximate surface area is 517 Å². The predicted octanol–water partition coefficient (Wildman–Crippen LogP) is 25.5. The maximum Gasteiger partial charge on any atom is 0.306 e. The minimum absolute atomic E-state index is 0.0743. The minimum Gasteiger partial charge on any atom is -0.462 e. The summed E-state index contributed by atoms with van der Waals surface area (Å²) >= 11 is 0. The first kappa shape index (κ1) is 80.1. The van der Waals surface area contributed by atoms with Crippen molar-refractivity contribution >= 4 is 17.9 Å². The minimum atomic E-state index is -0.779. The number of hydrogen-bond acceptors (Lipinski definition) is 6. The monoisotopic (exact) mass is 1160 g/mol. The highest BCUT2D eigenvalue weighted by atomic mass is 16.6. The van der Waals surface area contributed by atoms with Gasteiger partial charge in [0.2, 0.25) is 0 Å². The van der Waals surface area contributed by atoms with Crippen LogP contribution >= 0.6 is 0 Å². The Morgan fingerprint density at radius 3 is 0.711 bits per heavy atom. The highest BCUT2D eigenvalue weighted by molar-refractivity contribution is 5.71. The summed E-state index contributed by atoms with van der Waals surface area (Å²) in [7, 11) is 0. The van der Waals surface area contributed by atoms with E-state index < -0.39 is 6.10 Å². The molecule has 0 saturated heterocycles. The first-order valence-corrected chi connectivity index (χ1v) is 36.8. The average molecular weight is 1160 g/mol. The molecule has 0 aliphatic carbocycles. The zero-order valence-corrected chi connectivity index (χ0v) is 55.7. The van der Waals surface area contributed by atoms with Gasteiger partial charge in [-0.3, -0.25) is 14.4 Å². The van der Waals surface area contributed by atoms with Crippen LogP contribution in [0.4, 0.5) is 0 Å². The molecule has 1 unspecified atom stereocenters. The fourth-order valence-electron chi connectivity index (χ4n) is 10.9. The summed E-state index contributed by atoms with van der Waals surface area (Å²) in [5.74, 6) is -0.864. The molecule has 0 fully saturated rings. The van der Waals surface area contributed by atoms with Gasteiger partial charge in [0, 0.05) is 19.3 Å². The molecule has 0 aliphatic rings. The van der Waals surface area contributed by atoms with Crippen molar-refractivity contribution in [2.75, 3.05) is 13.2 Å². The number of rotatable bonds is 68. The molecule has 0 saturated carbocycles. The lowest BCUT2D eigenvalue weighted by Gasteiger charge is -2.18. The van der Waals surface area contributed by atoms with Gasteiger partial charge in [-0.1, -0.05) is 326 Å². The maximum absolute atomic E-state index is 12.9. The summed E-state index contributed by atoms with van der Waals surface area (Å²) in [6, 6.07) is 0. The van der Waals surface area contributed by atoms with Crippen LogP contribution in [0.5, 0.6) is 0 Å². The van der Waals surface area contributed by atoms with Crippen LogP contribution in [0, 0.1) is 0 Å². The lowest BCUT2D eigenvalue weighted by Crippen LogP contribution is -2.30. The molecule has 0 heterocycles. The highest BCUT2D eigenvalue weighted by Gasteiger charge is 2.19. The van der Waals surface area contributed by atoms with Crippen LogP contribution in [0.15, 0.2) is 60.8 Å². The Hall–Kier alpha value is -2.89. The second-order valence-corrected chi connectivity index (χ2v) is 24.8. The van der Waals surface area contributed by atoms with Gasteiger partial charge in [0.25, 0.3) is 0 Å². The lowest BCUT2D eigenvalue weighted by molar-refractivity contribution is -0.167. The SMILES string of the molecule is CCCCC/C=C\C/C=C\CCCCCCCCCCCC(=O)OC(COC(=O)CCCCCCC/C=C\CCCCCC)COC(=O)CCCCCCCCCCCCCCCCCCCCCCC/C=C\C/C=C\CCCCCCC. The Morgan fingerprint density at radius 1 is 0.241 bits per heavy atom. The fourth-order valence-corrected chi connectivity index (χ4v) is 10.9. The molecule has 0 rings (SSSR count). The average Bonchev–Trinajstić information content (AvgIpc) is 3.49. The molecular formula is C77H140O6. The van der Waals surface area contributed by atoms with Crippen molar-refractivity contribution in [3.8, 4) is 0 Å². The fraction of sp³-hybridized carbons (Fsp3) is 0.831.